The fraction of sp³-hybridized carbons (Fsp3) is 0.429. The molecule has 0 bridgehead atoms. The van der Waals surface area contributed by atoms with Crippen molar-refractivity contribution in [1.29, 1.82) is 0 Å². The van der Waals surface area contributed by atoms with Crippen LogP contribution in [0.25, 0.3) is 0 Å². The summed E-state index contributed by atoms with van der Waals surface area (Å²) in [6.45, 7) is 4.68. The van der Waals surface area contributed by atoms with Crippen molar-refractivity contribution in [3.63, 3.8) is 0 Å². The first kappa shape index (κ1) is 15.0. The van der Waals surface area contributed by atoms with Gasteiger partial charge in [-0.3, -0.25) is 9.59 Å². The molecule has 0 unspecified atom stereocenters. The van der Waals surface area contributed by atoms with Gasteiger partial charge >= 0.3 is 0 Å². The minimum Gasteiger partial charge on any atom is -0.399 e. The third-order valence-corrected chi connectivity index (χ3v) is 2.57. The van der Waals surface area contributed by atoms with Crippen LogP contribution in [0.15, 0.2) is 24.3 Å². The highest BCUT2D eigenvalue weighted by Gasteiger charge is 2.14. The maximum absolute atomic E-state index is 12.1. The first-order valence-corrected chi connectivity index (χ1v) is 6.28. The summed E-state index contributed by atoms with van der Waals surface area (Å²) in [6, 6.07) is 6.72. The molecule has 19 heavy (non-hydrogen) atoms. The van der Waals surface area contributed by atoms with Gasteiger partial charge in [-0.05, 0) is 24.1 Å². The zero-order valence-corrected chi connectivity index (χ0v) is 11.6. The van der Waals surface area contributed by atoms with Gasteiger partial charge in [0.1, 0.15) is 0 Å². The summed E-state index contributed by atoms with van der Waals surface area (Å²) in [6.07, 6.45) is 0. The van der Waals surface area contributed by atoms with Crippen molar-refractivity contribution < 1.29 is 9.59 Å². The molecule has 5 nitrogen and oxygen atoms in total. The van der Waals surface area contributed by atoms with Crippen LogP contribution in [0.5, 0.6) is 0 Å². The number of anilines is 1. The highest BCUT2D eigenvalue weighted by Crippen LogP contribution is 2.08. The zero-order valence-electron chi connectivity index (χ0n) is 11.6. The standard InChI is InChI=1S/C14H21N3O2/c1-10(2)8-16-13(18)9-17(3)14(19)11-5-4-6-12(15)7-11/h4-7,10H,8-9,15H2,1-3H3,(H,16,18). The van der Waals surface area contributed by atoms with Crippen LogP contribution in [0.4, 0.5) is 5.69 Å². The average molecular weight is 263 g/mol. The molecule has 1 aromatic rings. The molecular weight excluding hydrogens is 242 g/mol. The SMILES string of the molecule is CC(C)CNC(=O)CN(C)C(=O)c1cccc(N)c1. The topological polar surface area (TPSA) is 75.4 Å². The lowest BCUT2D eigenvalue weighted by atomic mass is 10.2. The van der Waals surface area contributed by atoms with E-state index in [9.17, 15) is 9.59 Å². The van der Waals surface area contributed by atoms with E-state index in [1.165, 1.54) is 4.90 Å². The molecule has 0 saturated heterocycles. The molecule has 0 aromatic heterocycles. The Labute approximate surface area is 113 Å². The number of nitrogens with two attached hydrogens (primary N) is 1. The number of likely N-dealkylation sites (N-methyl/N-ethyl adjacent to an activating group) is 1. The smallest absolute Gasteiger partial charge is 0.254 e. The van der Waals surface area contributed by atoms with Gasteiger partial charge in [-0.15, -0.1) is 0 Å². The van der Waals surface area contributed by atoms with E-state index in [-0.39, 0.29) is 18.4 Å². The van der Waals surface area contributed by atoms with E-state index < -0.39 is 0 Å². The molecule has 0 spiro atoms. The minimum atomic E-state index is -0.216. The van der Waals surface area contributed by atoms with Gasteiger partial charge in [-0.1, -0.05) is 19.9 Å². The molecule has 0 fully saturated rings. The Kier molecular flexibility index (Phi) is 5.36. The zero-order chi connectivity index (χ0) is 14.4. The van der Waals surface area contributed by atoms with Crippen LogP contribution < -0.4 is 11.1 Å². The van der Waals surface area contributed by atoms with Crippen molar-refractivity contribution in [2.75, 3.05) is 25.9 Å². The van der Waals surface area contributed by atoms with E-state index >= 15 is 0 Å². The van der Waals surface area contributed by atoms with Crippen LogP contribution in [0.2, 0.25) is 0 Å². The van der Waals surface area contributed by atoms with Gasteiger partial charge < -0.3 is 16.0 Å². The lowest BCUT2D eigenvalue weighted by molar-refractivity contribution is -0.121. The molecule has 0 saturated carbocycles. The Morgan fingerprint density at radius 2 is 2.05 bits per heavy atom. The molecule has 104 valence electrons. The van der Waals surface area contributed by atoms with Gasteiger partial charge in [0.15, 0.2) is 0 Å². The fourth-order valence-corrected chi connectivity index (χ4v) is 1.55. The third-order valence-electron chi connectivity index (χ3n) is 2.57. The van der Waals surface area contributed by atoms with Crippen LogP contribution in [-0.2, 0) is 4.79 Å². The monoisotopic (exact) mass is 263 g/mol. The highest BCUT2D eigenvalue weighted by molar-refractivity contribution is 5.96. The predicted molar refractivity (Wildman–Crippen MR) is 75.7 cm³/mol. The fourth-order valence-electron chi connectivity index (χ4n) is 1.55. The van der Waals surface area contributed by atoms with Crippen LogP contribution in [0.3, 0.4) is 0 Å². The summed E-state index contributed by atoms with van der Waals surface area (Å²) >= 11 is 0. The number of carbonyl (C=O) groups is 2. The average Bonchev–Trinajstić information content (AvgIpc) is 2.35. The number of amides is 2. The first-order chi connectivity index (χ1) is 8.90. The Morgan fingerprint density at radius 3 is 2.63 bits per heavy atom. The second kappa shape index (κ2) is 6.78. The van der Waals surface area contributed by atoms with Crippen molar-refractivity contribution in [2.45, 2.75) is 13.8 Å². The summed E-state index contributed by atoms with van der Waals surface area (Å²) in [5.74, 6) is 0.0133. The maximum Gasteiger partial charge on any atom is 0.254 e. The van der Waals surface area contributed by atoms with Crippen molar-refractivity contribution >= 4 is 17.5 Å². The molecular formula is C14H21N3O2. The van der Waals surface area contributed by atoms with Crippen molar-refractivity contribution in [3.8, 4) is 0 Å². The van der Waals surface area contributed by atoms with Gasteiger partial charge in [0.2, 0.25) is 5.91 Å². The Balaban J connectivity index is 2.55. The normalized spacial score (nSPS) is 10.3. The Hall–Kier alpha value is -2.04. The Bertz CT molecular complexity index is 458. The van der Waals surface area contributed by atoms with Crippen molar-refractivity contribution in [3.05, 3.63) is 29.8 Å². The maximum atomic E-state index is 12.1. The second-order valence-electron chi connectivity index (χ2n) is 4.98. The Morgan fingerprint density at radius 1 is 1.37 bits per heavy atom. The van der Waals surface area contributed by atoms with E-state index in [1.807, 2.05) is 13.8 Å². The summed E-state index contributed by atoms with van der Waals surface area (Å²) in [4.78, 5) is 25.1. The number of nitrogen functional groups attached to an aromatic ring is 1. The number of nitrogens with one attached hydrogen (secondary N) is 1. The summed E-state index contributed by atoms with van der Waals surface area (Å²) in [7, 11) is 1.60. The lowest BCUT2D eigenvalue weighted by Crippen LogP contribution is -2.39. The quantitative estimate of drug-likeness (QED) is 0.781. The van der Waals surface area contributed by atoms with Gasteiger partial charge in [-0.2, -0.15) is 0 Å². The van der Waals surface area contributed by atoms with Crippen LogP contribution in [0, 0.1) is 5.92 Å². The van der Waals surface area contributed by atoms with E-state index in [1.54, 1.807) is 31.3 Å². The van der Waals surface area contributed by atoms with Crippen molar-refractivity contribution in [1.82, 2.24) is 10.2 Å². The molecule has 0 heterocycles. The van der Waals surface area contributed by atoms with Gasteiger partial charge in [0.05, 0.1) is 6.54 Å². The molecule has 0 aliphatic rings. The van der Waals surface area contributed by atoms with Gasteiger partial charge in [0, 0.05) is 24.8 Å². The van der Waals surface area contributed by atoms with Gasteiger partial charge in [-0.25, -0.2) is 0 Å². The third kappa shape index (κ3) is 4.99. The second-order valence-corrected chi connectivity index (χ2v) is 4.98. The van der Waals surface area contributed by atoms with E-state index in [2.05, 4.69) is 5.32 Å². The highest BCUT2D eigenvalue weighted by atomic mass is 16.2. The number of benzene rings is 1. The molecule has 5 heteroatoms. The molecule has 2 amide bonds. The van der Waals surface area contributed by atoms with Crippen LogP contribution >= 0.6 is 0 Å². The largest absolute Gasteiger partial charge is 0.399 e. The van der Waals surface area contributed by atoms with Crippen molar-refractivity contribution in [2.24, 2.45) is 5.92 Å². The summed E-state index contributed by atoms with van der Waals surface area (Å²) in [5.41, 5.74) is 6.65. The first-order valence-electron chi connectivity index (χ1n) is 6.28. The summed E-state index contributed by atoms with van der Waals surface area (Å²) in [5, 5.41) is 2.77. The predicted octanol–water partition coefficient (Wildman–Crippen LogP) is 1.11. The van der Waals surface area contributed by atoms with E-state index in [4.69, 9.17) is 5.73 Å². The molecule has 0 atom stereocenters. The number of hydrogen-bond acceptors (Lipinski definition) is 3. The van der Waals surface area contributed by atoms with Crippen LogP contribution in [-0.4, -0.2) is 36.9 Å². The molecule has 3 N–H and O–H groups in total. The summed E-state index contributed by atoms with van der Waals surface area (Å²) < 4.78 is 0. The minimum absolute atomic E-state index is 0.0420. The van der Waals surface area contributed by atoms with E-state index in [0.717, 1.165) is 0 Å². The molecule has 1 rings (SSSR count). The van der Waals surface area contributed by atoms with Gasteiger partial charge in [0.25, 0.3) is 5.91 Å². The number of rotatable bonds is 5. The number of nitrogens with zero attached hydrogens (tertiary/aromatic N) is 1. The lowest BCUT2D eigenvalue weighted by Gasteiger charge is -2.17. The molecule has 0 radical (unpaired) electrons. The van der Waals surface area contributed by atoms with Crippen LogP contribution in [0.1, 0.15) is 24.2 Å². The van der Waals surface area contributed by atoms with E-state index in [0.29, 0.717) is 23.7 Å². The number of carbonyl (C=O) groups excluding carboxylic acids is 2. The number of hydrogen-bond donors (Lipinski definition) is 2. The molecule has 0 aliphatic heterocycles. The molecule has 1 aromatic carbocycles. The molecule has 0 aliphatic carbocycles.